The molecule has 0 radical (unpaired) electrons. The molecule has 0 aromatic heterocycles. The zero-order valence-electron chi connectivity index (χ0n) is 8.78. The highest BCUT2D eigenvalue weighted by Crippen LogP contribution is 2.60. The van der Waals surface area contributed by atoms with Crippen molar-refractivity contribution in [2.75, 3.05) is 11.5 Å². The van der Waals surface area contributed by atoms with Gasteiger partial charge in [-0.1, -0.05) is 24.3 Å². The van der Waals surface area contributed by atoms with Gasteiger partial charge >= 0.3 is 0 Å². The predicted octanol–water partition coefficient (Wildman–Crippen LogP) is 2.09. The molecule has 1 aliphatic heterocycles. The van der Waals surface area contributed by atoms with Crippen LogP contribution in [0.15, 0.2) is 24.3 Å². The van der Waals surface area contributed by atoms with E-state index in [1.807, 2.05) is 0 Å². The topological polar surface area (TPSA) is 34.1 Å². The fraction of sp³-hybridized carbons (Fsp3) is 0.667. The van der Waals surface area contributed by atoms with Crippen LogP contribution in [-0.2, 0) is 9.84 Å². The number of allylic oxidation sites excluding steroid dienone is 4. The van der Waals surface area contributed by atoms with E-state index < -0.39 is 9.84 Å². The van der Waals surface area contributed by atoms with Gasteiger partial charge in [0.1, 0.15) is 0 Å². The maximum Gasteiger partial charge on any atom is 0.151 e. The van der Waals surface area contributed by atoms with Gasteiger partial charge in [-0.15, -0.1) is 0 Å². The molecule has 3 aliphatic rings. The largest absolute Gasteiger partial charge is 0.229 e. The van der Waals surface area contributed by atoms with E-state index in [1.54, 1.807) is 0 Å². The molecule has 0 aromatic carbocycles. The highest BCUT2D eigenvalue weighted by molar-refractivity contribution is 7.91. The average molecular weight is 224 g/mol. The summed E-state index contributed by atoms with van der Waals surface area (Å²) in [7, 11) is -2.81. The zero-order chi connectivity index (χ0) is 10.6. The highest BCUT2D eigenvalue weighted by atomic mass is 32.2. The lowest BCUT2D eigenvalue weighted by Gasteiger charge is -2.47. The summed E-state index contributed by atoms with van der Waals surface area (Å²) in [6, 6.07) is 0. The van der Waals surface area contributed by atoms with Gasteiger partial charge < -0.3 is 0 Å². The molecular weight excluding hydrogens is 208 g/mol. The lowest BCUT2D eigenvalue weighted by Crippen LogP contribution is -2.43. The Morgan fingerprint density at radius 3 is 1.40 bits per heavy atom. The molecule has 1 fully saturated rings. The standard InChI is InChI=1S/C12H16O2S/c13-15(14)9-11-5-1-2-6-12(11,10-15)8-4-3-7-11/h1-4H,5-10H2. The van der Waals surface area contributed by atoms with Crippen molar-refractivity contribution in [1.29, 1.82) is 0 Å². The van der Waals surface area contributed by atoms with Gasteiger partial charge in [0, 0.05) is 0 Å². The molecule has 2 aliphatic carbocycles. The Morgan fingerprint density at radius 2 is 1.07 bits per heavy atom. The number of hydrogen-bond acceptors (Lipinski definition) is 2. The summed E-state index contributed by atoms with van der Waals surface area (Å²) >= 11 is 0. The first-order valence-corrected chi connectivity index (χ1v) is 7.40. The molecule has 82 valence electrons. The monoisotopic (exact) mass is 224 g/mol. The van der Waals surface area contributed by atoms with Gasteiger partial charge in [-0.2, -0.15) is 0 Å². The number of rotatable bonds is 0. The second-order valence-electron chi connectivity index (χ2n) is 5.35. The minimum Gasteiger partial charge on any atom is -0.229 e. The molecule has 0 spiro atoms. The van der Waals surface area contributed by atoms with Crippen LogP contribution in [0.5, 0.6) is 0 Å². The molecule has 1 heterocycles. The Morgan fingerprint density at radius 1 is 0.733 bits per heavy atom. The Kier molecular flexibility index (Phi) is 1.77. The maximum atomic E-state index is 11.9. The van der Waals surface area contributed by atoms with E-state index in [4.69, 9.17) is 0 Å². The van der Waals surface area contributed by atoms with Crippen LogP contribution in [0.2, 0.25) is 0 Å². The molecule has 2 nitrogen and oxygen atoms in total. The van der Waals surface area contributed by atoms with E-state index >= 15 is 0 Å². The van der Waals surface area contributed by atoms with Crippen LogP contribution in [-0.4, -0.2) is 19.9 Å². The second-order valence-corrected chi connectivity index (χ2v) is 7.42. The molecule has 0 saturated carbocycles. The van der Waals surface area contributed by atoms with E-state index in [1.165, 1.54) is 0 Å². The fourth-order valence-corrected chi connectivity index (χ4v) is 6.57. The molecule has 0 atom stereocenters. The summed E-state index contributed by atoms with van der Waals surface area (Å²) in [6.45, 7) is 0. The quantitative estimate of drug-likeness (QED) is 0.590. The van der Waals surface area contributed by atoms with Gasteiger partial charge in [0.25, 0.3) is 0 Å². The minimum absolute atomic E-state index is 0.0370. The lowest BCUT2D eigenvalue weighted by molar-refractivity contribution is 0.0851. The van der Waals surface area contributed by atoms with Crippen molar-refractivity contribution in [1.82, 2.24) is 0 Å². The molecule has 0 aromatic rings. The summed E-state index contributed by atoms with van der Waals surface area (Å²) < 4.78 is 23.8. The van der Waals surface area contributed by atoms with Gasteiger partial charge in [-0.25, -0.2) is 8.42 Å². The van der Waals surface area contributed by atoms with Crippen molar-refractivity contribution in [2.45, 2.75) is 25.7 Å². The molecule has 0 unspecified atom stereocenters. The fourth-order valence-electron chi connectivity index (χ4n) is 3.70. The smallest absolute Gasteiger partial charge is 0.151 e. The van der Waals surface area contributed by atoms with Crippen molar-refractivity contribution >= 4 is 9.84 Å². The Balaban J connectivity index is 2.15. The summed E-state index contributed by atoms with van der Waals surface area (Å²) in [5.41, 5.74) is 0.0741. The average Bonchev–Trinajstić information content (AvgIpc) is 2.42. The zero-order valence-corrected chi connectivity index (χ0v) is 9.59. The normalized spacial score (nSPS) is 46.1. The summed E-state index contributed by atoms with van der Waals surface area (Å²) in [6.07, 6.45) is 12.5. The lowest BCUT2D eigenvalue weighted by atomic mass is 9.55. The van der Waals surface area contributed by atoms with Gasteiger partial charge in [0.15, 0.2) is 9.84 Å². The SMILES string of the molecule is O=S1(=O)CC23CC=CCC2(CC=CC3)C1. The maximum absolute atomic E-state index is 11.9. The van der Waals surface area contributed by atoms with E-state index in [0.717, 1.165) is 25.7 Å². The van der Waals surface area contributed by atoms with Crippen molar-refractivity contribution < 1.29 is 8.42 Å². The van der Waals surface area contributed by atoms with E-state index in [-0.39, 0.29) is 10.8 Å². The highest BCUT2D eigenvalue weighted by Gasteiger charge is 2.59. The molecule has 1 saturated heterocycles. The Labute approximate surface area is 91.0 Å². The molecule has 15 heavy (non-hydrogen) atoms. The minimum atomic E-state index is -2.81. The van der Waals surface area contributed by atoms with Crippen molar-refractivity contribution in [3.63, 3.8) is 0 Å². The molecule has 3 heteroatoms. The van der Waals surface area contributed by atoms with Crippen LogP contribution in [0.25, 0.3) is 0 Å². The van der Waals surface area contributed by atoms with Crippen molar-refractivity contribution in [3.05, 3.63) is 24.3 Å². The molecule has 0 N–H and O–H groups in total. The second kappa shape index (κ2) is 2.76. The first-order valence-electron chi connectivity index (χ1n) is 5.58. The first kappa shape index (κ1) is 9.64. The van der Waals surface area contributed by atoms with Crippen molar-refractivity contribution in [2.24, 2.45) is 10.8 Å². The van der Waals surface area contributed by atoms with E-state index in [2.05, 4.69) is 24.3 Å². The van der Waals surface area contributed by atoms with Crippen LogP contribution in [0.3, 0.4) is 0 Å². The first-order chi connectivity index (χ1) is 7.08. The molecular formula is C12H16O2S. The van der Waals surface area contributed by atoms with Crippen molar-refractivity contribution in [3.8, 4) is 0 Å². The van der Waals surface area contributed by atoms with Gasteiger partial charge in [-0.3, -0.25) is 0 Å². The van der Waals surface area contributed by atoms with E-state index in [9.17, 15) is 8.42 Å². The van der Waals surface area contributed by atoms with E-state index in [0.29, 0.717) is 11.5 Å². The van der Waals surface area contributed by atoms with Crippen LogP contribution in [0, 0.1) is 10.8 Å². The van der Waals surface area contributed by atoms with Gasteiger partial charge in [0.2, 0.25) is 0 Å². The number of sulfone groups is 1. The molecule has 0 bridgehead atoms. The van der Waals surface area contributed by atoms with Crippen LogP contribution in [0.1, 0.15) is 25.7 Å². The third-order valence-electron chi connectivity index (χ3n) is 4.49. The molecule has 3 rings (SSSR count). The third kappa shape index (κ3) is 1.19. The predicted molar refractivity (Wildman–Crippen MR) is 60.3 cm³/mol. The van der Waals surface area contributed by atoms with Crippen LogP contribution < -0.4 is 0 Å². The van der Waals surface area contributed by atoms with Crippen LogP contribution >= 0.6 is 0 Å². The summed E-state index contributed by atoms with van der Waals surface area (Å²) in [4.78, 5) is 0. The summed E-state index contributed by atoms with van der Waals surface area (Å²) in [5, 5.41) is 0. The molecule has 0 amide bonds. The van der Waals surface area contributed by atoms with Gasteiger partial charge in [0.05, 0.1) is 11.5 Å². The number of hydrogen-bond donors (Lipinski definition) is 0. The Hall–Kier alpha value is -0.570. The third-order valence-corrected chi connectivity index (χ3v) is 6.47. The van der Waals surface area contributed by atoms with Gasteiger partial charge in [-0.05, 0) is 36.5 Å². The Bertz CT molecular complexity index is 390. The summed E-state index contributed by atoms with van der Waals surface area (Å²) in [5.74, 6) is 0.823. The van der Waals surface area contributed by atoms with Crippen LogP contribution in [0.4, 0.5) is 0 Å².